The molecular weight excluding hydrogens is 560 g/mol. The van der Waals surface area contributed by atoms with Gasteiger partial charge in [0.25, 0.3) is 0 Å². The number of nitrogens with zero attached hydrogens (tertiary/aromatic N) is 2. The fourth-order valence-electron chi connectivity index (χ4n) is 7.25. The summed E-state index contributed by atoms with van der Waals surface area (Å²) >= 11 is 0. The van der Waals surface area contributed by atoms with Crippen LogP contribution in [0.3, 0.4) is 0 Å². The van der Waals surface area contributed by atoms with Crippen molar-refractivity contribution in [2.24, 2.45) is 0 Å². The molecule has 3 heteroatoms. The molecule has 9 aromatic rings. The fraction of sp³-hybridized carbons (Fsp3) is 0.0233. The summed E-state index contributed by atoms with van der Waals surface area (Å²) in [5, 5.41) is 7.13. The van der Waals surface area contributed by atoms with Gasteiger partial charge < -0.3 is 13.6 Å². The van der Waals surface area contributed by atoms with Gasteiger partial charge in [0.1, 0.15) is 11.2 Å². The average molecular weight is 591 g/mol. The van der Waals surface area contributed by atoms with Crippen LogP contribution in [0, 0.1) is 0 Å². The second kappa shape index (κ2) is 10.3. The first-order chi connectivity index (χ1) is 22.8. The Morgan fingerprint density at radius 2 is 1.41 bits per heavy atom. The molecule has 3 heterocycles. The monoisotopic (exact) mass is 590 g/mol. The molecule has 3 aromatic heterocycles. The van der Waals surface area contributed by atoms with E-state index in [0.29, 0.717) is 0 Å². The zero-order chi connectivity index (χ0) is 30.8. The number of rotatable bonds is 5. The van der Waals surface area contributed by atoms with E-state index in [-0.39, 0.29) is 0 Å². The van der Waals surface area contributed by atoms with E-state index in [2.05, 4.69) is 143 Å². The van der Waals surface area contributed by atoms with Crippen LogP contribution in [0.15, 0.2) is 163 Å². The van der Waals surface area contributed by atoms with E-state index in [1.54, 1.807) is 0 Å². The molecule has 0 spiro atoms. The highest BCUT2D eigenvalue weighted by Gasteiger charge is 2.21. The third-order valence-electron chi connectivity index (χ3n) is 9.22. The highest BCUT2D eigenvalue weighted by atomic mass is 16.3. The number of allylic oxidation sites excluding steroid dienone is 5. The molecule has 46 heavy (non-hydrogen) atoms. The minimum Gasteiger partial charge on any atom is -0.455 e. The summed E-state index contributed by atoms with van der Waals surface area (Å²) in [5.74, 6) is 0. The topological polar surface area (TPSA) is 23.0 Å². The summed E-state index contributed by atoms with van der Waals surface area (Å²) in [6, 6.07) is 45.5. The minimum atomic E-state index is 0.910. The number of para-hydroxylation sites is 4. The molecule has 0 radical (unpaired) electrons. The van der Waals surface area contributed by atoms with Crippen molar-refractivity contribution >= 4 is 71.2 Å². The Morgan fingerprint density at radius 1 is 0.652 bits per heavy atom. The molecule has 3 nitrogen and oxygen atoms in total. The molecule has 0 unspecified atom stereocenters. The van der Waals surface area contributed by atoms with Crippen molar-refractivity contribution in [3.63, 3.8) is 0 Å². The second-order valence-electron chi connectivity index (χ2n) is 11.7. The predicted molar refractivity (Wildman–Crippen MR) is 196 cm³/mol. The van der Waals surface area contributed by atoms with Gasteiger partial charge in [0.2, 0.25) is 0 Å². The van der Waals surface area contributed by atoms with E-state index in [4.69, 9.17) is 4.42 Å². The summed E-state index contributed by atoms with van der Waals surface area (Å²) in [7, 11) is 0. The number of hydrogen-bond acceptors (Lipinski definition) is 1. The van der Waals surface area contributed by atoms with E-state index in [1.807, 2.05) is 31.2 Å². The molecule has 0 aliphatic rings. The Bertz CT molecular complexity index is 2710. The van der Waals surface area contributed by atoms with Crippen molar-refractivity contribution in [2.45, 2.75) is 6.92 Å². The van der Waals surface area contributed by atoms with Crippen molar-refractivity contribution in [3.8, 4) is 16.8 Å². The normalized spacial score (nSPS) is 12.6. The molecule has 0 saturated heterocycles. The largest absolute Gasteiger partial charge is 0.455 e. The van der Waals surface area contributed by atoms with Gasteiger partial charge in [-0.3, -0.25) is 0 Å². The summed E-state index contributed by atoms with van der Waals surface area (Å²) in [4.78, 5) is 0. The Hall–Kier alpha value is -6.06. The summed E-state index contributed by atoms with van der Waals surface area (Å²) in [5.41, 5.74) is 10.9. The lowest BCUT2D eigenvalue weighted by atomic mass is 10.00. The predicted octanol–water partition coefficient (Wildman–Crippen LogP) is 12.1. The van der Waals surface area contributed by atoms with Crippen molar-refractivity contribution in [1.29, 1.82) is 0 Å². The average Bonchev–Trinajstić information content (AvgIpc) is 3.77. The number of hydrogen-bond donors (Lipinski definition) is 0. The lowest BCUT2D eigenvalue weighted by molar-refractivity contribution is 0.670. The van der Waals surface area contributed by atoms with Crippen LogP contribution in [0.4, 0.5) is 0 Å². The summed E-state index contributed by atoms with van der Waals surface area (Å²) in [6.07, 6.45) is 8.18. The Labute approximate surface area is 266 Å². The molecule has 0 bridgehead atoms. The van der Waals surface area contributed by atoms with Gasteiger partial charge in [-0.2, -0.15) is 0 Å². The Balaban J connectivity index is 1.42. The maximum atomic E-state index is 6.46. The molecule has 0 amide bonds. The molecule has 218 valence electrons. The van der Waals surface area contributed by atoms with Crippen molar-refractivity contribution in [2.75, 3.05) is 0 Å². The third-order valence-corrected chi connectivity index (χ3v) is 9.22. The lowest BCUT2D eigenvalue weighted by Crippen LogP contribution is -1.95. The van der Waals surface area contributed by atoms with Gasteiger partial charge in [0, 0.05) is 49.3 Å². The van der Waals surface area contributed by atoms with Crippen LogP contribution in [0.1, 0.15) is 6.92 Å². The number of fused-ring (bicyclic) bond motifs is 10. The van der Waals surface area contributed by atoms with Crippen molar-refractivity contribution in [3.05, 3.63) is 158 Å². The molecular formula is C43H30N2O. The van der Waals surface area contributed by atoms with Crippen LogP contribution in [0.2, 0.25) is 0 Å². The Kier molecular flexibility index (Phi) is 5.87. The SMILES string of the molecule is C=C/C(=C\C=C/C)n1c2ccccc2c2c1ccc1c3cc(-c4cccc5c4oc4ccccc45)ccc3n(-c3ccccc3)c12. The molecule has 0 aliphatic heterocycles. The van der Waals surface area contributed by atoms with E-state index >= 15 is 0 Å². The highest BCUT2D eigenvalue weighted by molar-refractivity contribution is 6.27. The van der Waals surface area contributed by atoms with Crippen LogP contribution < -0.4 is 0 Å². The van der Waals surface area contributed by atoms with Gasteiger partial charge in [-0.15, -0.1) is 0 Å². The zero-order valence-electron chi connectivity index (χ0n) is 25.4. The number of furan rings is 1. The van der Waals surface area contributed by atoms with Crippen LogP contribution >= 0.6 is 0 Å². The fourth-order valence-corrected chi connectivity index (χ4v) is 7.25. The first-order valence-electron chi connectivity index (χ1n) is 15.7. The smallest absolute Gasteiger partial charge is 0.143 e. The molecule has 0 atom stereocenters. The summed E-state index contributed by atoms with van der Waals surface area (Å²) in [6.45, 7) is 6.22. The van der Waals surface area contributed by atoms with Crippen molar-refractivity contribution in [1.82, 2.24) is 9.13 Å². The molecule has 9 rings (SSSR count). The van der Waals surface area contributed by atoms with Gasteiger partial charge in [-0.25, -0.2) is 0 Å². The standard InChI is InChI=1S/C43H30N2O/c1-3-5-14-29(4-2)44-37-21-11-9-18-35(37)41-39(44)26-24-33-36-27-28(23-25-38(36)45(42(33)41)30-15-7-6-8-16-30)31-19-13-20-34-32-17-10-12-22-40(32)46-43(31)34/h3-27H,2H2,1H3/b5-3-,29-14+. The van der Waals surface area contributed by atoms with Crippen LogP contribution in [-0.4, -0.2) is 9.13 Å². The maximum absolute atomic E-state index is 6.46. The first-order valence-corrected chi connectivity index (χ1v) is 15.7. The molecule has 0 fully saturated rings. The van der Waals surface area contributed by atoms with Gasteiger partial charge >= 0.3 is 0 Å². The van der Waals surface area contributed by atoms with Gasteiger partial charge in [-0.1, -0.05) is 104 Å². The van der Waals surface area contributed by atoms with E-state index < -0.39 is 0 Å². The van der Waals surface area contributed by atoms with Crippen LogP contribution in [-0.2, 0) is 0 Å². The van der Waals surface area contributed by atoms with E-state index in [1.165, 1.54) is 32.6 Å². The second-order valence-corrected chi connectivity index (χ2v) is 11.7. The highest BCUT2D eigenvalue weighted by Crippen LogP contribution is 2.44. The molecule has 6 aromatic carbocycles. The lowest BCUT2D eigenvalue weighted by Gasteiger charge is -2.10. The number of benzene rings is 6. The maximum Gasteiger partial charge on any atom is 0.143 e. The third kappa shape index (κ3) is 3.72. The minimum absolute atomic E-state index is 0.910. The van der Waals surface area contributed by atoms with Crippen molar-refractivity contribution < 1.29 is 4.42 Å². The van der Waals surface area contributed by atoms with Crippen LogP contribution in [0.25, 0.3) is 88.1 Å². The van der Waals surface area contributed by atoms with Crippen LogP contribution in [0.5, 0.6) is 0 Å². The molecule has 0 N–H and O–H groups in total. The van der Waals surface area contributed by atoms with Gasteiger partial charge in [0.15, 0.2) is 0 Å². The molecule has 0 aliphatic carbocycles. The van der Waals surface area contributed by atoms with E-state index in [9.17, 15) is 0 Å². The van der Waals surface area contributed by atoms with E-state index in [0.717, 1.165) is 55.5 Å². The van der Waals surface area contributed by atoms with Gasteiger partial charge in [-0.05, 0) is 67.1 Å². The zero-order valence-corrected chi connectivity index (χ0v) is 25.4. The number of aromatic nitrogens is 2. The summed E-state index contributed by atoms with van der Waals surface area (Å²) < 4.78 is 11.2. The first kappa shape index (κ1) is 26.4. The quantitative estimate of drug-likeness (QED) is 0.183. The van der Waals surface area contributed by atoms with Gasteiger partial charge in [0.05, 0.1) is 22.1 Å². The molecule has 0 saturated carbocycles. The Morgan fingerprint density at radius 3 is 2.26 bits per heavy atom.